The predicted molar refractivity (Wildman–Crippen MR) is 170 cm³/mol. The molecule has 0 aliphatic rings. The van der Waals surface area contributed by atoms with Gasteiger partial charge in [-0.2, -0.15) is 0 Å². The van der Waals surface area contributed by atoms with Gasteiger partial charge in [0.25, 0.3) is 0 Å². The SMILES string of the molecule is c1ccc(-c2nc3ccc4sc5cc(N(c6ccccc6)c6ccc7ccccc7c6)ccc5c4c3s2)cc1. The van der Waals surface area contributed by atoms with Crippen molar-refractivity contribution in [3.05, 3.63) is 133 Å². The molecule has 2 heterocycles. The highest BCUT2D eigenvalue weighted by Gasteiger charge is 2.17. The van der Waals surface area contributed by atoms with E-state index in [1.807, 2.05) is 11.3 Å². The van der Waals surface area contributed by atoms with Crippen molar-refractivity contribution in [1.29, 1.82) is 0 Å². The standard InChI is InChI=1S/C35H22N2S2/c1-3-10-24(11-4-1)35-36-30-19-20-31-33(34(30)39-35)29-18-17-28(22-32(29)38-31)37(26-13-5-2-6-14-26)27-16-15-23-9-7-8-12-25(23)21-27/h1-22H. The number of rotatable bonds is 4. The molecule has 0 unspecified atom stereocenters. The van der Waals surface area contributed by atoms with Gasteiger partial charge in [0.2, 0.25) is 0 Å². The fourth-order valence-electron chi connectivity index (χ4n) is 5.42. The average Bonchev–Trinajstić information content (AvgIpc) is 3.59. The second kappa shape index (κ2) is 9.05. The molecular weight excluding hydrogens is 513 g/mol. The molecule has 8 aromatic rings. The molecule has 2 aromatic heterocycles. The van der Waals surface area contributed by atoms with Crippen LogP contribution >= 0.6 is 22.7 Å². The van der Waals surface area contributed by atoms with Gasteiger partial charge in [0, 0.05) is 42.8 Å². The molecule has 0 radical (unpaired) electrons. The van der Waals surface area contributed by atoms with Gasteiger partial charge in [-0.15, -0.1) is 22.7 Å². The number of hydrogen-bond acceptors (Lipinski definition) is 4. The summed E-state index contributed by atoms with van der Waals surface area (Å²) in [5.74, 6) is 0. The number of thiophene rings is 1. The molecule has 0 aliphatic carbocycles. The summed E-state index contributed by atoms with van der Waals surface area (Å²) >= 11 is 3.65. The van der Waals surface area contributed by atoms with Gasteiger partial charge >= 0.3 is 0 Å². The summed E-state index contributed by atoms with van der Waals surface area (Å²) in [4.78, 5) is 7.34. The van der Waals surface area contributed by atoms with E-state index in [0.29, 0.717) is 0 Å². The topological polar surface area (TPSA) is 16.1 Å². The van der Waals surface area contributed by atoms with E-state index in [-0.39, 0.29) is 0 Å². The van der Waals surface area contributed by atoms with Crippen molar-refractivity contribution in [2.24, 2.45) is 0 Å². The van der Waals surface area contributed by atoms with E-state index < -0.39 is 0 Å². The van der Waals surface area contributed by atoms with Crippen molar-refractivity contribution < 1.29 is 0 Å². The van der Waals surface area contributed by atoms with Crippen molar-refractivity contribution in [1.82, 2.24) is 4.98 Å². The number of anilines is 3. The second-order valence-electron chi connectivity index (χ2n) is 9.66. The highest BCUT2D eigenvalue weighted by molar-refractivity contribution is 7.28. The summed E-state index contributed by atoms with van der Waals surface area (Å²) in [5.41, 5.74) is 5.68. The Morgan fingerprint density at radius 3 is 2.08 bits per heavy atom. The third kappa shape index (κ3) is 3.80. The van der Waals surface area contributed by atoms with E-state index in [2.05, 4.69) is 138 Å². The fraction of sp³-hybridized carbons (Fsp3) is 0. The molecule has 2 nitrogen and oxygen atoms in total. The Balaban J connectivity index is 1.31. The van der Waals surface area contributed by atoms with Crippen molar-refractivity contribution in [2.45, 2.75) is 0 Å². The number of hydrogen-bond donors (Lipinski definition) is 0. The maximum absolute atomic E-state index is 4.98. The van der Waals surface area contributed by atoms with Crippen LogP contribution < -0.4 is 4.90 Å². The summed E-state index contributed by atoms with van der Waals surface area (Å²) in [7, 11) is 0. The van der Waals surface area contributed by atoms with Gasteiger partial charge in [-0.05, 0) is 59.3 Å². The van der Waals surface area contributed by atoms with Gasteiger partial charge < -0.3 is 4.90 Å². The number of benzene rings is 6. The fourth-order valence-corrected chi connectivity index (χ4v) is 7.76. The van der Waals surface area contributed by atoms with Crippen LogP contribution in [0.5, 0.6) is 0 Å². The van der Waals surface area contributed by atoms with Gasteiger partial charge in [0.1, 0.15) is 5.01 Å². The summed E-state index contributed by atoms with van der Waals surface area (Å²) in [6.45, 7) is 0. The molecule has 39 heavy (non-hydrogen) atoms. The van der Waals surface area contributed by atoms with E-state index >= 15 is 0 Å². The van der Waals surface area contributed by atoms with Crippen molar-refractivity contribution >= 4 is 80.9 Å². The van der Waals surface area contributed by atoms with Gasteiger partial charge in [0.05, 0.1) is 10.2 Å². The monoisotopic (exact) mass is 534 g/mol. The third-order valence-corrected chi connectivity index (χ3v) is 9.51. The van der Waals surface area contributed by atoms with Crippen LogP contribution in [0.25, 0.3) is 51.7 Å². The molecular formula is C35H22N2S2. The van der Waals surface area contributed by atoms with E-state index in [4.69, 9.17) is 4.98 Å². The molecule has 0 saturated heterocycles. The minimum Gasteiger partial charge on any atom is -0.310 e. The summed E-state index contributed by atoms with van der Waals surface area (Å²) in [6, 6.07) is 47.7. The predicted octanol–water partition coefficient (Wildman–Crippen LogP) is 11.0. The van der Waals surface area contributed by atoms with E-state index in [1.165, 1.54) is 41.2 Å². The Bertz CT molecular complexity index is 2130. The number of fused-ring (bicyclic) bond motifs is 6. The molecule has 0 bridgehead atoms. The average molecular weight is 535 g/mol. The number of nitrogens with zero attached hydrogens (tertiary/aromatic N) is 2. The minimum atomic E-state index is 1.07. The van der Waals surface area contributed by atoms with Crippen LogP contribution in [0, 0.1) is 0 Å². The first kappa shape index (κ1) is 22.5. The molecule has 6 aromatic carbocycles. The van der Waals surface area contributed by atoms with Gasteiger partial charge in [-0.1, -0.05) is 84.9 Å². The highest BCUT2D eigenvalue weighted by atomic mass is 32.1. The zero-order valence-electron chi connectivity index (χ0n) is 20.9. The van der Waals surface area contributed by atoms with Crippen LogP contribution in [0.4, 0.5) is 17.1 Å². The first-order valence-electron chi connectivity index (χ1n) is 13.0. The Hall–Kier alpha value is -4.51. The second-order valence-corrected chi connectivity index (χ2v) is 11.7. The molecule has 184 valence electrons. The molecule has 0 amide bonds. The van der Waals surface area contributed by atoms with Gasteiger partial charge in [-0.25, -0.2) is 4.98 Å². The molecule has 0 fully saturated rings. The van der Waals surface area contributed by atoms with Gasteiger partial charge in [-0.3, -0.25) is 0 Å². The largest absolute Gasteiger partial charge is 0.310 e. The lowest BCUT2D eigenvalue weighted by molar-refractivity contribution is 1.30. The minimum absolute atomic E-state index is 1.07. The van der Waals surface area contributed by atoms with E-state index in [0.717, 1.165) is 27.6 Å². The van der Waals surface area contributed by atoms with Crippen LogP contribution in [0.1, 0.15) is 0 Å². The molecule has 0 saturated carbocycles. The first-order chi connectivity index (χ1) is 19.3. The summed E-state index contributed by atoms with van der Waals surface area (Å²) in [6.07, 6.45) is 0. The molecule has 0 atom stereocenters. The highest BCUT2D eigenvalue weighted by Crippen LogP contribution is 2.45. The lowest BCUT2D eigenvalue weighted by Crippen LogP contribution is -2.09. The van der Waals surface area contributed by atoms with Crippen LogP contribution in [-0.4, -0.2) is 4.98 Å². The van der Waals surface area contributed by atoms with Crippen molar-refractivity contribution in [3.63, 3.8) is 0 Å². The van der Waals surface area contributed by atoms with Crippen LogP contribution in [-0.2, 0) is 0 Å². The number of thiazole rings is 1. The molecule has 0 aliphatic heterocycles. The number of para-hydroxylation sites is 1. The maximum atomic E-state index is 4.98. The van der Waals surface area contributed by atoms with Crippen molar-refractivity contribution in [2.75, 3.05) is 4.90 Å². The first-order valence-corrected chi connectivity index (χ1v) is 14.6. The zero-order chi connectivity index (χ0) is 25.8. The van der Waals surface area contributed by atoms with E-state index in [9.17, 15) is 0 Å². The summed E-state index contributed by atoms with van der Waals surface area (Å²) < 4.78 is 3.85. The Kier molecular flexibility index (Phi) is 5.22. The Labute approximate surface area is 234 Å². The lowest BCUT2D eigenvalue weighted by atomic mass is 10.1. The number of aromatic nitrogens is 1. The van der Waals surface area contributed by atoms with Gasteiger partial charge in [0.15, 0.2) is 0 Å². The van der Waals surface area contributed by atoms with E-state index in [1.54, 1.807) is 11.3 Å². The van der Waals surface area contributed by atoms with Crippen molar-refractivity contribution in [3.8, 4) is 10.6 Å². The van der Waals surface area contributed by atoms with Crippen LogP contribution in [0.3, 0.4) is 0 Å². The molecule has 4 heteroatoms. The molecule has 0 spiro atoms. The zero-order valence-corrected chi connectivity index (χ0v) is 22.5. The summed E-state index contributed by atoms with van der Waals surface area (Å²) in [5, 5.41) is 6.16. The molecule has 0 N–H and O–H groups in total. The normalized spacial score (nSPS) is 11.6. The third-order valence-electron chi connectivity index (χ3n) is 7.26. The Morgan fingerprint density at radius 2 is 1.23 bits per heavy atom. The maximum Gasteiger partial charge on any atom is 0.124 e. The van der Waals surface area contributed by atoms with Crippen LogP contribution in [0.15, 0.2) is 133 Å². The lowest BCUT2D eigenvalue weighted by Gasteiger charge is -2.26. The van der Waals surface area contributed by atoms with Crippen LogP contribution in [0.2, 0.25) is 0 Å². The smallest absolute Gasteiger partial charge is 0.124 e. The molecule has 8 rings (SSSR count). The Morgan fingerprint density at radius 1 is 0.513 bits per heavy atom. The quantitative estimate of drug-likeness (QED) is 0.223.